The summed E-state index contributed by atoms with van der Waals surface area (Å²) in [7, 11) is 1.93. The average Bonchev–Trinajstić information content (AvgIpc) is 2.70. The molecule has 3 nitrogen and oxygen atoms in total. The minimum absolute atomic E-state index is 0.242. The van der Waals surface area contributed by atoms with Gasteiger partial charge in [-0.25, -0.2) is 4.39 Å². The summed E-state index contributed by atoms with van der Waals surface area (Å²) >= 11 is 0. The predicted octanol–water partition coefficient (Wildman–Crippen LogP) is 2.54. The smallest absolute Gasteiger partial charge is 0.123 e. The lowest BCUT2D eigenvalue weighted by Crippen LogP contribution is -2.36. The summed E-state index contributed by atoms with van der Waals surface area (Å²) in [6.45, 7) is 4.03. The number of hydrogen-bond donors (Lipinski definition) is 1. The summed E-state index contributed by atoms with van der Waals surface area (Å²) in [5.74, 6) is -0.242. The van der Waals surface area contributed by atoms with E-state index in [0.717, 1.165) is 23.4 Å². The summed E-state index contributed by atoms with van der Waals surface area (Å²) < 4.78 is 14.8. The number of aryl methyl sites for hydroxylation is 2. The Hall–Kier alpha value is -1.68. The lowest BCUT2D eigenvalue weighted by molar-refractivity contribution is 0.470. The van der Waals surface area contributed by atoms with E-state index in [9.17, 15) is 4.39 Å². The van der Waals surface area contributed by atoms with E-state index in [4.69, 9.17) is 5.73 Å². The first-order valence-electron chi connectivity index (χ1n) is 6.49. The van der Waals surface area contributed by atoms with E-state index in [0.29, 0.717) is 6.42 Å². The molecule has 19 heavy (non-hydrogen) atoms. The van der Waals surface area contributed by atoms with Gasteiger partial charge in [0.1, 0.15) is 5.82 Å². The number of halogens is 1. The van der Waals surface area contributed by atoms with Gasteiger partial charge in [0.05, 0.1) is 5.69 Å². The Morgan fingerprint density at radius 2 is 1.95 bits per heavy atom. The van der Waals surface area contributed by atoms with Crippen molar-refractivity contribution in [3.05, 3.63) is 53.1 Å². The first-order valence-corrected chi connectivity index (χ1v) is 6.49. The zero-order valence-corrected chi connectivity index (χ0v) is 11.7. The maximum atomic E-state index is 13.0. The molecule has 1 aromatic carbocycles. The fourth-order valence-corrected chi connectivity index (χ4v) is 2.22. The molecule has 1 atom stereocenters. The van der Waals surface area contributed by atoms with E-state index in [1.165, 1.54) is 12.1 Å². The highest BCUT2D eigenvalue weighted by atomic mass is 19.1. The van der Waals surface area contributed by atoms with Crippen molar-refractivity contribution in [1.29, 1.82) is 0 Å². The quantitative estimate of drug-likeness (QED) is 0.919. The van der Waals surface area contributed by atoms with Crippen LogP contribution in [0.15, 0.2) is 30.3 Å². The Labute approximate surface area is 113 Å². The fourth-order valence-electron chi connectivity index (χ4n) is 2.22. The SMILES string of the molecule is CCc1cc(CC(C)(N)c2ccc(F)cc2)n(C)n1. The Balaban J connectivity index is 2.24. The second-order valence-corrected chi connectivity index (χ2v) is 5.21. The van der Waals surface area contributed by atoms with Crippen LogP contribution in [0.1, 0.15) is 30.8 Å². The van der Waals surface area contributed by atoms with Crippen LogP contribution in [0, 0.1) is 5.82 Å². The number of rotatable bonds is 4. The molecule has 0 bridgehead atoms. The Kier molecular flexibility index (Phi) is 3.71. The van der Waals surface area contributed by atoms with Crippen LogP contribution in [-0.4, -0.2) is 9.78 Å². The monoisotopic (exact) mass is 261 g/mol. The third-order valence-electron chi connectivity index (χ3n) is 3.44. The van der Waals surface area contributed by atoms with Gasteiger partial charge in [-0.15, -0.1) is 0 Å². The highest BCUT2D eigenvalue weighted by Gasteiger charge is 2.23. The molecular weight excluding hydrogens is 241 g/mol. The third kappa shape index (κ3) is 3.01. The highest BCUT2D eigenvalue weighted by Crippen LogP contribution is 2.23. The second-order valence-electron chi connectivity index (χ2n) is 5.21. The lowest BCUT2D eigenvalue weighted by atomic mass is 9.88. The van der Waals surface area contributed by atoms with Crippen LogP contribution >= 0.6 is 0 Å². The third-order valence-corrected chi connectivity index (χ3v) is 3.44. The number of benzene rings is 1. The number of hydrogen-bond acceptors (Lipinski definition) is 2. The number of aromatic nitrogens is 2. The molecule has 0 saturated carbocycles. The topological polar surface area (TPSA) is 43.8 Å². The second kappa shape index (κ2) is 5.13. The minimum atomic E-state index is -0.535. The molecule has 0 saturated heterocycles. The molecule has 2 N–H and O–H groups in total. The molecule has 1 heterocycles. The van der Waals surface area contributed by atoms with Crippen molar-refractivity contribution in [1.82, 2.24) is 9.78 Å². The molecule has 1 aromatic heterocycles. The van der Waals surface area contributed by atoms with Crippen LogP contribution in [0.2, 0.25) is 0 Å². The van der Waals surface area contributed by atoms with E-state index in [1.807, 2.05) is 18.7 Å². The zero-order chi connectivity index (χ0) is 14.0. The molecule has 4 heteroatoms. The summed E-state index contributed by atoms with van der Waals surface area (Å²) in [4.78, 5) is 0. The Morgan fingerprint density at radius 1 is 1.32 bits per heavy atom. The summed E-state index contributed by atoms with van der Waals surface area (Å²) in [6, 6.07) is 8.45. The summed E-state index contributed by atoms with van der Waals surface area (Å²) in [5.41, 5.74) is 8.92. The van der Waals surface area contributed by atoms with Gasteiger partial charge in [0, 0.05) is 24.7 Å². The molecule has 1 unspecified atom stereocenters. The maximum absolute atomic E-state index is 13.0. The molecule has 0 amide bonds. The largest absolute Gasteiger partial charge is 0.321 e. The van der Waals surface area contributed by atoms with E-state index < -0.39 is 5.54 Å². The Morgan fingerprint density at radius 3 is 2.47 bits per heavy atom. The van der Waals surface area contributed by atoms with Crippen LogP contribution in [0.25, 0.3) is 0 Å². The molecule has 2 rings (SSSR count). The first-order chi connectivity index (χ1) is 8.92. The van der Waals surface area contributed by atoms with Gasteiger partial charge >= 0.3 is 0 Å². The molecule has 0 aliphatic carbocycles. The predicted molar refractivity (Wildman–Crippen MR) is 74.2 cm³/mol. The van der Waals surface area contributed by atoms with Gasteiger partial charge in [0.2, 0.25) is 0 Å². The van der Waals surface area contributed by atoms with Gasteiger partial charge in [-0.2, -0.15) is 5.10 Å². The maximum Gasteiger partial charge on any atom is 0.123 e. The molecular formula is C15H20FN3. The van der Waals surface area contributed by atoms with Gasteiger partial charge < -0.3 is 5.73 Å². The molecule has 2 aromatic rings. The van der Waals surface area contributed by atoms with Gasteiger partial charge in [-0.05, 0) is 37.1 Å². The summed E-state index contributed by atoms with van der Waals surface area (Å²) in [6.07, 6.45) is 1.58. The first kappa shape index (κ1) is 13.7. The molecule has 0 aliphatic heterocycles. The van der Waals surface area contributed by atoms with Crippen molar-refractivity contribution >= 4 is 0 Å². The van der Waals surface area contributed by atoms with Crippen LogP contribution in [0.3, 0.4) is 0 Å². The van der Waals surface area contributed by atoms with Crippen molar-refractivity contribution < 1.29 is 4.39 Å². The molecule has 102 valence electrons. The fraction of sp³-hybridized carbons (Fsp3) is 0.400. The van der Waals surface area contributed by atoms with Gasteiger partial charge in [0.25, 0.3) is 0 Å². The van der Waals surface area contributed by atoms with Crippen molar-refractivity contribution in [2.45, 2.75) is 32.2 Å². The van der Waals surface area contributed by atoms with Crippen LogP contribution in [-0.2, 0) is 25.4 Å². The molecule has 0 aliphatic rings. The zero-order valence-electron chi connectivity index (χ0n) is 11.7. The van der Waals surface area contributed by atoms with E-state index >= 15 is 0 Å². The molecule has 0 fully saturated rings. The Bertz CT molecular complexity index is 555. The van der Waals surface area contributed by atoms with Crippen molar-refractivity contribution in [2.75, 3.05) is 0 Å². The number of nitrogens with two attached hydrogens (primary N) is 1. The van der Waals surface area contributed by atoms with E-state index in [-0.39, 0.29) is 5.82 Å². The van der Waals surface area contributed by atoms with Gasteiger partial charge in [-0.3, -0.25) is 4.68 Å². The van der Waals surface area contributed by atoms with Crippen molar-refractivity contribution in [3.8, 4) is 0 Å². The van der Waals surface area contributed by atoms with Crippen molar-refractivity contribution in [2.24, 2.45) is 12.8 Å². The average molecular weight is 261 g/mol. The molecule has 0 radical (unpaired) electrons. The van der Waals surface area contributed by atoms with E-state index in [2.05, 4.69) is 18.1 Å². The van der Waals surface area contributed by atoms with Crippen molar-refractivity contribution in [3.63, 3.8) is 0 Å². The highest BCUT2D eigenvalue weighted by molar-refractivity contribution is 5.26. The van der Waals surface area contributed by atoms with Gasteiger partial charge in [0.15, 0.2) is 0 Å². The lowest BCUT2D eigenvalue weighted by Gasteiger charge is -2.25. The number of nitrogens with zero attached hydrogens (tertiary/aromatic N) is 2. The normalized spacial score (nSPS) is 14.4. The van der Waals surface area contributed by atoms with Crippen LogP contribution in [0.4, 0.5) is 4.39 Å². The van der Waals surface area contributed by atoms with E-state index in [1.54, 1.807) is 12.1 Å². The standard InChI is InChI=1S/C15H20FN3/c1-4-13-9-14(19(3)18-13)10-15(2,17)11-5-7-12(16)8-6-11/h5-9H,4,10,17H2,1-3H3. The van der Waals surface area contributed by atoms with Crippen LogP contribution in [0.5, 0.6) is 0 Å². The van der Waals surface area contributed by atoms with Gasteiger partial charge in [-0.1, -0.05) is 19.1 Å². The van der Waals surface area contributed by atoms with Crippen LogP contribution < -0.4 is 5.73 Å². The minimum Gasteiger partial charge on any atom is -0.321 e. The molecule has 0 spiro atoms. The summed E-state index contributed by atoms with van der Waals surface area (Å²) in [5, 5.41) is 4.42.